The van der Waals surface area contributed by atoms with Crippen molar-refractivity contribution in [3.63, 3.8) is 0 Å². The Morgan fingerprint density at radius 3 is 2.65 bits per heavy atom. The van der Waals surface area contributed by atoms with Gasteiger partial charge >= 0.3 is 6.09 Å². The number of hydrogen-bond donors (Lipinski definition) is 2. The normalized spacial score (nSPS) is 23.4. The third-order valence-corrected chi connectivity index (χ3v) is 8.56. The Labute approximate surface area is 228 Å². The van der Waals surface area contributed by atoms with Crippen molar-refractivity contribution in [3.8, 4) is 11.3 Å². The van der Waals surface area contributed by atoms with Crippen LogP contribution in [0.2, 0.25) is 9.36 Å². The highest BCUT2D eigenvalue weighted by Crippen LogP contribution is 2.61. The van der Waals surface area contributed by atoms with Gasteiger partial charge in [-0.15, -0.1) is 0 Å². The molecule has 12 heteroatoms. The number of thiophene rings is 1. The molecule has 37 heavy (non-hydrogen) atoms. The number of benzene rings is 1. The quantitative estimate of drug-likeness (QED) is 0.459. The van der Waals surface area contributed by atoms with E-state index < -0.39 is 11.6 Å². The number of nitriles is 1. The molecule has 2 heterocycles. The molecule has 1 spiro atoms. The first kappa shape index (κ1) is 25.8. The highest BCUT2D eigenvalue weighted by molar-refractivity contribution is 7.17. The van der Waals surface area contributed by atoms with Crippen LogP contribution in [0.25, 0.3) is 0 Å². The van der Waals surface area contributed by atoms with E-state index in [1.54, 1.807) is 30.3 Å². The van der Waals surface area contributed by atoms with Gasteiger partial charge in [-0.25, -0.2) is 4.79 Å². The average Bonchev–Trinajstić information content (AvgIpc) is 3.43. The largest absolute Gasteiger partial charge is 0.414 e. The van der Waals surface area contributed by atoms with Crippen molar-refractivity contribution in [1.82, 2.24) is 5.32 Å². The van der Waals surface area contributed by atoms with Gasteiger partial charge < -0.3 is 25.0 Å². The van der Waals surface area contributed by atoms with E-state index >= 15 is 0 Å². The SMILES string of the molecule is N#CN=C1CCOCCN1c1ccc(NC(=O)C2(NC(=O)Oc3ccc(Cl)s3)CCC3(CC3)C2)cc1Cl. The molecule has 5 rings (SSSR count). The molecule has 0 bridgehead atoms. The predicted molar refractivity (Wildman–Crippen MR) is 143 cm³/mol. The zero-order chi connectivity index (χ0) is 26.0. The first-order valence-corrected chi connectivity index (χ1v) is 13.6. The Hall–Kier alpha value is -2.84. The van der Waals surface area contributed by atoms with E-state index in [-0.39, 0.29) is 11.3 Å². The number of ether oxygens (including phenoxy) is 2. The molecule has 9 nitrogen and oxygen atoms in total. The molecule has 2 N–H and O–H groups in total. The molecule has 1 atom stereocenters. The molecule has 2 amide bonds. The summed E-state index contributed by atoms with van der Waals surface area (Å²) in [5.41, 5.74) is 0.181. The minimum Gasteiger partial charge on any atom is -0.399 e. The summed E-state index contributed by atoms with van der Waals surface area (Å²) in [6.07, 6.45) is 5.68. The molecule has 1 saturated heterocycles. The number of halogens is 2. The molecular formula is C25H25Cl2N5O4S. The van der Waals surface area contributed by atoms with Gasteiger partial charge in [0.15, 0.2) is 5.06 Å². The fourth-order valence-electron chi connectivity index (χ4n) is 5.09. The van der Waals surface area contributed by atoms with Gasteiger partial charge in [-0.1, -0.05) is 34.5 Å². The second-order valence-electron chi connectivity index (χ2n) is 9.59. The summed E-state index contributed by atoms with van der Waals surface area (Å²) >= 11 is 13.7. The van der Waals surface area contributed by atoms with Crippen LogP contribution in [0.3, 0.4) is 0 Å². The lowest BCUT2D eigenvalue weighted by molar-refractivity contribution is -0.122. The Bertz CT molecular complexity index is 1290. The van der Waals surface area contributed by atoms with E-state index in [0.29, 0.717) is 70.7 Å². The fraction of sp³-hybridized carbons (Fsp3) is 0.440. The van der Waals surface area contributed by atoms with Gasteiger partial charge in [-0.05, 0) is 67.9 Å². The predicted octanol–water partition coefficient (Wildman–Crippen LogP) is 5.59. The van der Waals surface area contributed by atoms with E-state index in [2.05, 4.69) is 15.6 Å². The van der Waals surface area contributed by atoms with E-state index in [0.717, 1.165) is 30.6 Å². The Kier molecular flexibility index (Phi) is 7.32. The number of carbonyl (C=O) groups excluding carboxylic acids is 2. The van der Waals surface area contributed by atoms with Crippen LogP contribution in [0.5, 0.6) is 5.06 Å². The van der Waals surface area contributed by atoms with E-state index in [9.17, 15) is 9.59 Å². The van der Waals surface area contributed by atoms with Gasteiger partial charge in [0.2, 0.25) is 12.1 Å². The van der Waals surface area contributed by atoms with Crippen LogP contribution < -0.4 is 20.3 Å². The molecule has 1 aromatic carbocycles. The van der Waals surface area contributed by atoms with Gasteiger partial charge in [0.1, 0.15) is 11.4 Å². The number of nitrogens with one attached hydrogen (secondary N) is 2. The molecular weight excluding hydrogens is 537 g/mol. The average molecular weight is 562 g/mol. The van der Waals surface area contributed by atoms with Crippen molar-refractivity contribution in [2.75, 3.05) is 30.0 Å². The smallest absolute Gasteiger partial charge is 0.399 e. The maximum atomic E-state index is 13.6. The lowest BCUT2D eigenvalue weighted by atomic mass is 9.93. The van der Waals surface area contributed by atoms with Crippen molar-refractivity contribution in [2.45, 2.75) is 44.1 Å². The molecule has 0 radical (unpaired) electrons. The number of nitrogens with zero attached hydrogens (tertiary/aromatic N) is 3. The van der Waals surface area contributed by atoms with Gasteiger partial charge in [-0.3, -0.25) is 4.79 Å². The third-order valence-electron chi connectivity index (χ3n) is 7.15. The lowest BCUT2D eigenvalue weighted by Gasteiger charge is -2.29. The zero-order valence-electron chi connectivity index (χ0n) is 19.9. The number of hydrogen-bond acceptors (Lipinski definition) is 7. The van der Waals surface area contributed by atoms with E-state index in [1.165, 1.54) is 0 Å². The fourth-order valence-corrected chi connectivity index (χ4v) is 6.25. The first-order valence-electron chi connectivity index (χ1n) is 12.0. The molecule has 2 aliphatic carbocycles. The molecule has 2 aromatic rings. The third kappa shape index (κ3) is 5.70. The Morgan fingerprint density at radius 2 is 1.97 bits per heavy atom. The molecule has 3 aliphatic rings. The van der Waals surface area contributed by atoms with Crippen LogP contribution in [0.1, 0.15) is 38.5 Å². The van der Waals surface area contributed by atoms with Crippen LogP contribution >= 0.6 is 34.5 Å². The number of amidine groups is 1. The van der Waals surface area contributed by atoms with Crippen molar-refractivity contribution in [3.05, 3.63) is 39.7 Å². The summed E-state index contributed by atoms with van der Waals surface area (Å²) in [6, 6.07) is 8.45. The molecule has 2 saturated carbocycles. The number of aliphatic imine (C=N–C) groups is 1. The van der Waals surface area contributed by atoms with Crippen LogP contribution in [0.15, 0.2) is 35.3 Å². The van der Waals surface area contributed by atoms with Crippen LogP contribution in [-0.4, -0.2) is 43.1 Å². The first-order chi connectivity index (χ1) is 17.8. The lowest BCUT2D eigenvalue weighted by Crippen LogP contribution is -2.56. The Balaban J connectivity index is 1.33. The van der Waals surface area contributed by atoms with Crippen molar-refractivity contribution in [2.24, 2.45) is 10.4 Å². The maximum absolute atomic E-state index is 13.6. The molecule has 3 fully saturated rings. The zero-order valence-corrected chi connectivity index (χ0v) is 22.2. The van der Waals surface area contributed by atoms with E-state index in [1.807, 2.05) is 11.1 Å². The van der Waals surface area contributed by atoms with Gasteiger partial charge in [0, 0.05) is 18.7 Å². The monoisotopic (exact) mass is 561 g/mol. The molecule has 1 unspecified atom stereocenters. The summed E-state index contributed by atoms with van der Waals surface area (Å²) in [4.78, 5) is 32.1. The summed E-state index contributed by atoms with van der Waals surface area (Å²) in [7, 11) is 0. The second kappa shape index (κ2) is 10.5. The maximum Gasteiger partial charge on any atom is 0.414 e. The molecule has 194 valence electrons. The van der Waals surface area contributed by atoms with E-state index in [4.69, 9.17) is 37.9 Å². The number of carbonyl (C=O) groups is 2. The van der Waals surface area contributed by atoms with Gasteiger partial charge in [0.25, 0.3) is 0 Å². The minimum absolute atomic E-state index is 0.101. The second-order valence-corrected chi connectivity index (χ2v) is 11.7. The summed E-state index contributed by atoms with van der Waals surface area (Å²) in [5.74, 6) is 0.268. The highest BCUT2D eigenvalue weighted by atomic mass is 35.5. The summed E-state index contributed by atoms with van der Waals surface area (Å²) in [6.45, 7) is 1.45. The van der Waals surface area contributed by atoms with Crippen molar-refractivity contribution in [1.29, 1.82) is 5.26 Å². The highest BCUT2D eigenvalue weighted by Gasteiger charge is 2.58. The van der Waals surface area contributed by atoms with Gasteiger partial charge in [-0.2, -0.15) is 10.3 Å². The topological polar surface area (TPSA) is 116 Å². The molecule has 1 aromatic heterocycles. The van der Waals surface area contributed by atoms with Crippen LogP contribution in [-0.2, 0) is 9.53 Å². The number of anilines is 2. The van der Waals surface area contributed by atoms with Crippen molar-refractivity contribution < 1.29 is 19.1 Å². The molecule has 1 aliphatic heterocycles. The number of amides is 2. The standard InChI is InChI=1S/C25H25Cl2N5O4S/c26-17-13-16(1-2-18(17)32-10-12-35-11-5-20(32)29-15-28)30-22(33)25(9-8-24(14-25)6-7-24)31-23(34)36-21-4-3-19(27)37-21/h1-4,13H,5-12,14H2,(H,30,33)(H,31,34). The summed E-state index contributed by atoms with van der Waals surface area (Å²) in [5, 5.41) is 15.6. The number of rotatable bonds is 5. The minimum atomic E-state index is -1.09. The summed E-state index contributed by atoms with van der Waals surface area (Å²) < 4.78 is 11.4. The van der Waals surface area contributed by atoms with Crippen LogP contribution in [0, 0.1) is 16.9 Å². The van der Waals surface area contributed by atoms with Crippen molar-refractivity contribution >= 4 is 63.7 Å². The van der Waals surface area contributed by atoms with Crippen LogP contribution in [0.4, 0.5) is 16.2 Å². The Morgan fingerprint density at radius 1 is 1.16 bits per heavy atom. The van der Waals surface area contributed by atoms with Gasteiger partial charge in [0.05, 0.1) is 28.3 Å².